The summed E-state index contributed by atoms with van der Waals surface area (Å²) in [6.45, 7) is 3.44. The van der Waals surface area contributed by atoms with E-state index in [0.29, 0.717) is 45.0 Å². The molecule has 2 aromatic rings. The van der Waals surface area contributed by atoms with Crippen molar-refractivity contribution in [3.8, 4) is 0 Å². The molecular formula is C25H27FN4O2. The van der Waals surface area contributed by atoms with Crippen LogP contribution in [-0.4, -0.2) is 60.7 Å². The highest BCUT2D eigenvalue weighted by molar-refractivity contribution is 5.94. The Labute approximate surface area is 187 Å². The van der Waals surface area contributed by atoms with E-state index >= 15 is 0 Å². The average Bonchev–Trinajstić information content (AvgIpc) is 2.78. The SMILES string of the molecule is O=C(c1cccc(CN2CN=Cc3cc(F)ccc32)c1)N1CCN(C(=O)C2CCC2)CC1. The summed E-state index contributed by atoms with van der Waals surface area (Å²) in [5, 5.41) is 0. The largest absolute Gasteiger partial charge is 0.347 e. The topological polar surface area (TPSA) is 56.2 Å². The van der Waals surface area contributed by atoms with Crippen molar-refractivity contribution in [2.75, 3.05) is 37.7 Å². The van der Waals surface area contributed by atoms with E-state index in [1.807, 2.05) is 34.1 Å². The van der Waals surface area contributed by atoms with Crippen molar-refractivity contribution in [2.45, 2.75) is 25.8 Å². The second-order valence-corrected chi connectivity index (χ2v) is 8.80. The lowest BCUT2D eigenvalue weighted by Crippen LogP contribution is -2.52. The van der Waals surface area contributed by atoms with Crippen molar-refractivity contribution in [1.82, 2.24) is 9.80 Å². The van der Waals surface area contributed by atoms with E-state index in [2.05, 4.69) is 9.89 Å². The number of hydrogen-bond acceptors (Lipinski definition) is 4. The van der Waals surface area contributed by atoms with E-state index in [1.54, 1.807) is 12.3 Å². The summed E-state index contributed by atoms with van der Waals surface area (Å²) in [4.78, 5) is 35.7. The summed E-state index contributed by atoms with van der Waals surface area (Å²) >= 11 is 0. The lowest BCUT2D eigenvalue weighted by molar-refractivity contribution is -0.139. The molecule has 1 saturated carbocycles. The highest BCUT2D eigenvalue weighted by Gasteiger charge is 2.32. The first-order valence-electron chi connectivity index (χ1n) is 11.3. The third kappa shape index (κ3) is 4.11. The summed E-state index contributed by atoms with van der Waals surface area (Å²) in [6.07, 6.45) is 4.86. The van der Waals surface area contributed by atoms with Gasteiger partial charge in [0.2, 0.25) is 5.91 Å². The van der Waals surface area contributed by atoms with Crippen LogP contribution in [0.4, 0.5) is 10.1 Å². The smallest absolute Gasteiger partial charge is 0.253 e. The first-order valence-corrected chi connectivity index (χ1v) is 11.3. The molecule has 0 bridgehead atoms. The second kappa shape index (κ2) is 8.73. The summed E-state index contributed by atoms with van der Waals surface area (Å²) in [5.41, 5.74) is 3.35. The zero-order valence-corrected chi connectivity index (χ0v) is 18.0. The first kappa shape index (κ1) is 20.7. The minimum absolute atomic E-state index is 0.00160. The van der Waals surface area contributed by atoms with Gasteiger partial charge in [-0.15, -0.1) is 0 Å². The van der Waals surface area contributed by atoms with Crippen molar-refractivity contribution >= 4 is 23.7 Å². The van der Waals surface area contributed by atoms with E-state index in [9.17, 15) is 14.0 Å². The lowest BCUT2D eigenvalue weighted by atomic mass is 9.84. The average molecular weight is 435 g/mol. The summed E-state index contributed by atoms with van der Waals surface area (Å²) in [6, 6.07) is 12.4. The fraction of sp³-hybridized carbons (Fsp3) is 0.400. The Bertz CT molecular complexity index is 1060. The molecule has 6 nitrogen and oxygen atoms in total. The molecular weight excluding hydrogens is 407 g/mol. The van der Waals surface area contributed by atoms with Gasteiger partial charge >= 0.3 is 0 Å². The Balaban J connectivity index is 1.23. The molecule has 0 N–H and O–H groups in total. The lowest BCUT2D eigenvalue weighted by Gasteiger charge is -2.38. The van der Waals surface area contributed by atoms with Crippen LogP contribution in [0.2, 0.25) is 0 Å². The van der Waals surface area contributed by atoms with Crippen molar-refractivity contribution in [1.29, 1.82) is 0 Å². The van der Waals surface area contributed by atoms with Gasteiger partial charge in [-0.05, 0) is 48.7 Å². The number of anilines is 1. The number of carbonyl (C=O) groups excluding carboxylic acids is 2. The second-order valence-electron chi connectivity index (χ2n) is 8.80. The van der Waals surface area contributed by atoms with E-state index in [0.717, 1.165) is 36.1 Å². The number of amides is 2. The maximum atomic E-state index is 13.6. The van der Waals surface area contributed by atoms with Crippen LogP contribution in [0.5, 0.6) is 0 Å². The van der Waals surface area contributed by atoms with Gasteiger partial charge in [0, 0.05) is 61.7 Å². The monoisotopic (exact) mass is 434 g/mol. The molecule has 166 valence electrons. The van der Waals surface area contributed by atoms with Crippen LogP contribution < -0.4 is 4.90 Å². The van der Waals surface area contributed by atoms with Crippen LogP contribution in [0.1, 0.15) is 40.7 Å². The van der Waals surface area contributed by atoms with Crippen molar-refractivity contribution < 1.29 is 14.0 Å². The van der Waals surface area contributed by atoms with E-state index in [-0.39, 0.29) is 23.5 Å². The number of benzene rings is 2. The number of nitrogens with zero attached hydrogens (tertiary/aromatic N) is 4. The normalized spacial score (nSPS) is 18.3. The number of piperazine rings is 1. The minimum Gasteiger partial charge on any atom is -0.347 e. The number of rotatable bonds is 4. The van der Waals surface area contributed by atoms with Crippen molar-refractivity contribution in [3.63, 3.8) is 0 Å². The van der Waals surface area contributed by atoms with Crippen LogP contribution in [0.3, 0.4) is 0 Å². The summed E-state index contributed by atoms with van der Waals surface area (Å²) in [7, 11) is 0. The van der Waals surface area contributed by atoms with Crippen LogP contribution in [-0.2, 0) is 11.3 Å². The van der Waals surface area contributed by atoms with Gasteiger partial charge in [-0.2, -0.15) is 0 Å². The van der Waals surface area contributed by atoms with Crippen LogP contribution >= 0.6 is 0 Å². The maximum absolute atomic E-state index is 13.6. The van der Waals surface area contributed by atoms with Gasteiger partial charge in [0.15, 0.2) is 0 Å². The van der Waals surface area contributed by atoms with Crippen LogP contribution in [0.15, 0.2) is 47.5 Å². The van der Waals surface area contributed by atoms with Gasteiger partial charge < -0.3 is 14.7 Å². The minimum atomic E-state index is -0.279. The number of aliphatic imine (C=N–C) groups is 1. The van der Waals surface area contributed by atoms with E-state index in [4.69, 9.17) is 0 Å². The number of carbonyl (C=O) groups is 2. The highest BCUT2D eigenvalue weighted by Crippen LogP contribution is 2.29. The van der Waals surface area contributed by atoms with Gasteiger partial charge in [0.25, 0.3) is 5.91 Å². The van der Waals surface area contributed by atoms with Crippen LogP contribution in [0, 0.1) is 11.7 Å². The van der Waals surface area contributed by atoms with E-state index < -0.39 is 0 Å². The molecule has 7 heteroatoms. The maximum Gasteiger partial charge on any atom is 0.253 e. The molecule has 5 rings (SSSR count). The molecule has 2 heterocycles. The fourth-order valence-corrected chi connectivity index (χ4v) is 4.61. The zero-order chi connectivity index (χ0) is 22.1. The molecule has 32 heavy (non-hydrogen) atoms. The molecule has 2 fully saturated rings. The Morgan fingerprint density at radius 3 is 2.53 bits per heavy atom. The predicted octanol–water partition coefficient (Wildman–Crippen LogP) is 3.31. The third-order valence-corrected chi connectivity index (χ3v) is 6.69. The number of hydrogen-bond donors (Lipinski definition) is 0. The molecule has 0 atom stereocenters. The molecule has 3 aliphatic rings. The Kier molecular flexibility index (Phi) is 5.64. The number of halogens is 1. The molecule has 2 amide bonds. The number of fused-ring (bicyclic) bond motifs is 1. The first-order chi connectivity index (χ1) is 15.6. The van der Waals surface area contributed by atoms with Crippen molar-refractivity contribution in [2.24, 2.45) is 10.9 Å². The third-order valence-electron chi connectivity index (χ3n) is 6.69. The van der Waals surface area contributed by atoms with Gasteiger partial charge in [-0.25, -0.2) is 4.39 Å². The molecule has 1 aliphatic carbocycles. The zero-order valence-electron chi connectivity index (χ0n) is 18.0. The predicted molar refractivity (Wildman–Crippen MR) is 121 cm³/mol. The van der Waals surface area contributed by atoms with Crippen LogP contribution in [0.25, 0.3) is 0 Å². The van der Waals surface area contributed by atoms with Crippen molar-refractivity contribution in [3.05, 3.63) is 65.0 Å². The molecule has 1 saturated heterocycles. The molecule has 2 aliphatic heterocycles. The van der Waals surface area contributed by atoms with Gasteiger partial charge in [-0.3, -0.25) is 14.6 Å². The molecule has 0 aromatic heterocycles. The Morgan fingerprint density at radius 2 is 1.78 bits per heavy atom. The molecule has 0 unspecified atom stereocenters. The molecule has 0 radical (unpaired) electrons. The quantitative estimate of drug-likeness (QED) is 0.742. The van der Waals surface area contributed by atoms with E-state index in [1.165, 1.54) is 12.1 Å². The van der Waals surface area contributed by atoms with Gasteiger partial charge in [0.1, 0.15) is 12.5 Å². The Morgan fingerprint density at radius 1 is 1.00 bits per heavy atom. The highest BCUT2D eigenvalue weighted by atomic mass is 19.1. The summed E-state index contributed by atoms with van der Waals surface area (Å²) in [5.74, 6) is 0.185. The van der Waals surface area contributed by atoms with Gasteiger partial charge in [-0.1, -0.05) is 18.6 Å². The molecule has 2 aromatic carbocycles. The standard InChI is InChI=1S/C25H27FN4O2/c26-22-7-8-23-21(14-22)15-27-17-30(23)16-18-3-1-6-20(13-18)25(32)29-11-9-28(10-12-29)24(31)19-4-2-5-19/h1,3,6-8,13-15,19H,2,4-5,9-12,16-17H2. The fourth-order valence-electron chi connectivity index (χ4n) is 4.61. The molecule has 0 spiro atoms. The Hall–Kier alpha value is -3.22. The van der Waals surface area contributed by atoms with Gasteiger partial charge in [0.05, 0.1) is 0 Å². The summed E-state index contributed by atoms with van der Waals surface area (Å²) < 4.78 is 13.6.